The Bertz CT molecular complexity index is 825. The fourth-order valence-electron chi connectivity index (χ4n) is 3.60. The summed E-state index contributed by atoms with van der Waals surface area (Å²) < 4.78 is 23.2. The maximum absolute atomic E-state index is 12.9. The van der Waals surface area contributed by atoms with Gasteiger partial charge in [0.2, 0.25) is 11.8 Å². The van der Waals surface area contributed by atoms with Gasteiger partial charge in [-0.25, -0.2) is 8.42 Å². The predicted molar refractivity (Wildman–Crippen MR) is 107 cm³/mol. The van der Waals surface area contributed by atoms with E-state index in [-0.39, 0.29) is 31.2 Å². The molecule has 150 valence electrons. The van der Waals surface area contributed by atoms with Crippen LogP contribution in [0.4, 0.5) is 5.69 Å². The molecule has 3 rings (SSSR count). The highest BCUT2D eigenvalue weighted by atomic mass is 35.5. The Morgan fingerprint density at radius 1 is 1.33 bits per heavy atom. The van der Waals surface area contributed by atoms with Gasteiger partial charge in [-0.1, -0.05) is 17.7 Å². The van der Waals surface area contributed by atoms with Crippen molar-refractivity contribution >= 4 is 51.3 Å². The lowest BCUT2D eigenvalue weighted by atomic mass is 9.95. The molecule has 2 N–H and O–H groups in total. The molecular formula is C17H23Cl2N3O4S. The van der Waals surface area contributed by atoms with E-state index in [9.17, 15) is 18.0 Å². The number of nitrogens with zero attached hydrogens (tertiary/aromatic N) is 1. The first-order chi connectivity index (χ1) is 12.2. The van der Waals surface area contributed by atoms with Crippen molar-refractivity contribution in [2.45, 2.75) is 30.1 Å². The van der Waals surface area contributed by atoms with Crippen LogP contribution < -0.4 is 15.5 Å². The molecule has 0 radical (unpaired) electrons. The Labute approximate surface area is 170 Å². The minimum atomic E-state index is -3.61. The van der Waals surface area contributed by atoms with Crippen LogP contribution in [0.25, 0.3) is 0 Å². The van der Waals surface area contributed by atoms with Gasteiger partial charge in [0, 0.05) is 23.5 Å². The highest BCUT2D eigenvalue weighted by Crippen LogP contribution is 2.29. The van der Waals surface area contributed by atoms with E-state index in [1.807, 2.05) is 0 Å². The van der Waals surface area contributed by atoms with Gasteiger partial charge in [0.1, 0.15) is 6.04 Å². The zero-order valence-corrected chi connectivity index (χ0v) is 17.3. The Balaban J connectivity index is 0.00000261. The van der Waals surface area contributed by atoms with E-state index in [1.54, 1.807) is 29.2 Å². The summed E-state index contributed by atoms with van der Waals surface area (Å²) in [4.78, 5) is 27.1. The number of halogens is 2. The van der Waals surface area contributed by atoms with E-state index in [1.165, 1.54) is 0 Å². The van der Waals surface area contributed by atoms with Crippen molar-refractivity contribution in [1.82, 2.24) is 10.6 Å². The summed E-state index contributed by atoms with van der Waals surface area (Å²) in [5.74, 6) is -0.828. The van der Waals surface area contributed by atoms with Crippen molar-refractivity contribution in [3.05, 3.63) is 29.3 Å². The summed E-state index contributed by atoms with van der Waals surface area (Å²) >= 11 is 5.98. The van der Waals surface area contributed by atoms with Gasteiger partial charge in [-0.3, -0.25) is 9.59 Å². The molecule has 0 spiro atoms. The van der Waals surface area contributed by atoms with Crippen molar-refractivity contribution in [3.8, 4) is 0 Å². The molecule has 2 heterocycles. The summed E-state index contributed by atoms with van der Waals surface area (Å²) in [5, 5.41) is 6.28. The van der Waals surface area contributed by atoms with Crippen LogP contribution in [0.2, 0.25) is 5.02 Å². The molecule has 10 heteroatoms. The first-order valence-corrected chi connectivity index (χ1v) is 10.8. The van der Waals surface area contributed by atoms with Crippen molar-refractivity contribution < 1.29 is 18.0 Å². The molecule has 2 aliphatic heterocycles. The quantitative estimate of drug-likeness (QED) is 0.739. The molecule has 1 unspecified atom stereocenters. The summed E-state index contributed by atoms with van der Waals surface area (Å²) in [6.45, 7) is 1.35. The van der Waals surface area contributed by atoms with Crippen LogP contribution in [0.15, 0.2) is 24.3 Å². The minimum absolute atomic E-state index is 0. The van der Waals surface area contributed by atoms with Crippen LogP contribution in [0, 0.1) is 0 Å². The van der Waals surface area contributed by atoms with Crippen LogP contribution in [0.5, 0.6) is 0 Å². The monoisotopic (exact) mass is 435 g/mol. The minimum Gasteiger partial charge on any atom is -0.343 e. The fourth-order valence-corrected chi connectivity index (χ4v) is 5.13. The van der Waals surface area contributed by atoms with Gasteiger partial charge >= 0.3 is 0 Å². The highest BCUT2D eigenvalue weighted by Gasteiger charge is 2.50. The Morgan fingerprint density at radius 2 is 2.00 bits per heavy atom. The molecule has 1 atom stereocenters. The number of rotatable bonds is 4. The Kier molecular flexibility index (Phi) is 6.78. The number of benzene rings is 1. The number of amides is 2. The van der Waals surface area contributed by atoms with E-state index in [2.05, 4.69) is 10.6 Å². The number of sulfone groups is 1. The Morgan fingerprint density at radius 3 is 2.59 bits per heavy atom. The lowest BCUT2D eigenvalue weighted by Gasteiger charge is -2.35. The number of carbonyl (C=O) groups is 2. The van der Waals surface area contributed by atoms with Crippen molar-refractivity contribution in [3.63, 3.8) is 0 Å². The topological polar surface area (TPSA) is 95.6 Å². The van der Waals surface area contributed by atoms with Gasteiger partial charge in [-0.2, -0.15) is 0 Å². The summed E-state index contributed by atoms with van der Waals surface area (Å²) in [6.07, 6.45) is 1.93. The first-order valence-electron chi connectivity index (χ1n) is 8.53. The molecule has 7 nitrogen and oxygen atoms in total. The SMILES string of the molecule is CS(=O)(=O)C1(C(=O)NC2CCN(c3cccc(Cl)c3)C2=O)CCNCC1.Cl. The average Bonchev–Trinajstić information content (AvgIpc) is 2.95. The van der Waals surface area contributed by atoms with Gasteiger partial charge < -0.3 is 15.5 Å². The number of hydrogen-bond donors (Lipinski definition) is 2. The standard InChI is InChI=1S/C17H22ClN3O4S.ClH/c1-26(24,25)17(6-8-19-9-7-17)16(23)20-14-5-10-21(15(14)22)13-4-2-3-12(18)11-13;/h2-4,11,14,19H,5-10H2,1H3,(H,20,23);1H. The molecule has 2 fully saturated rings. The summed E-state index contributed by atoms with van der Waals surface area (Å²) in [5.41, 5.74) is 0.666. The zero-order valence-electron chi connectivity index (χ0n) is 14.9. The second kappa shape index (κ2) is 8.34. The second-order valence-corrected chi connectivity index (χ2v) is 9.56. The van der Waals surface area contributed by atoms with Crippen LogP contribution >= 0.6 is 24.0 Å². The third-order valence-corrected chi connectivity index (χ3v) is 7.41. The molecule has 0 saturated carbocycles. The molecule has 0 bridgehead atoms. The lowest BCUT2D eigenvalue weighted by Crippen LogP contribution is -2.59. The molecule has 0 aromatic heterocycles. The van der Waals surface area contributed by atoms with Crippen LogP contribution in [-0.4, -0.2) is 56.9 Å². The first kappa shape index (κ1) is 21.9. The summed E-state index contributed by atoms with van der Waals surface area (Å²) in [7, 11) is -3.61. The molecule has 1 aromatic rings. The lowest BCUT2D eigenvalue weighted by molar-refractivity contribution is -0.128. The maximum Gasteiger partial charge on any atom is 0.249 e. The Hall–Kier alpha value is -1.35. The summed E-state index contributed by atoms with van der Waals surface area (Å²) in [6, 6.07) is 6.21. The van der Waals surface area contributed by atoms with E-state index in [0.29, 0.717) is 36.8 Å². The van der Waals surface area contributed by atoms with Gasteiger partial charge in [-0.15, -0.1) is 12.4 Å². The maximum atomic E-state index is 12.9. The number of carbonyl (C=O) groups excluding carboxylic acids is 2. The van der Waals surface area contributed by atoms with Crippen LogP contribution in [-0.2, 0) is 19.4 Å². The van der Waals surface area contributed by atoms with Crippen molar-refractivity contribution in [1.29, 1.82) is 0 Å². The van der Waals surface area contributed by atoms with E-state index in [0.717, 1.165) is 6.26 Å². The van der Waals surface area contributed by atoms with Gasteiger partial charge in [0.25, 0.3) is 0 Å². The molecule has 2 amide bonds. The molecule has 1 aromatic carbocycles. The number of nitrogens with one attached hydrogen (secondary N) is 2. The molecule has 2 saturated heterocycles. The predicted octanol–water partition coefficient (Wildman–Crippen LogP) is 1.15. The second-order valence-electron chi connectivity index (χ2n) is 6.80. The molecule has 2 aliphatic rings. The number of piperidine rings is 1. The third-order valence-electron chi connectivity index (χ3n) is 5.17. The number of hydrogen-bond acceptors (Lipinski definition) is 5. The number of anilines is 1. The normalized spacial score (nSPS) is 22.2. The third kappa shape index (κ3) is 4.23. The van der Waals surface area contributed by atoms with E-state index in [4.69, 9.17) is 11.6 Å². The smallest absolute Gasteiger partial charge is 0.249 e. The van der Waals surface area contributed by atoms with E-state index < -0.39 is 26.5 Å². The average molecular weight is 436 g/mol. The molecule has 0 aliphatic carbocycles. The van der Waals surface area contributed by atoms with Crippen LogP contribution in [0.3, 0.4) is 0 Å². The van der Waals surface area contributed by atoms with E-state index >= 15 is 0 Å². The van der Waals surface area contributed by atoms with Crippen LogP contribution in [0.1, 0.15) is 19.3 Å². The van der Waals surface area contributed by atoms with Gasteiger partial charge in [-0.05, 0) is 50.6 Å². The van der Waals surface area contributed by atoms with Crippen molar-refractivity contribution in [2.24, 2.45) is 0 Å². The highest BCUT2D eigenvalue weighted by molar-refractivity contribution is 7.92. The van der Waals surface area contributed by atoms with Gasteiger partial charge in [0.15, 0.2) is 14.6 Å². The zero-order chi connectivity index (χ0) is 18.9. The van der Waals surface area contributed by atoms with Gasteiger partial charge in [0.05, 0.1) is 0 Å². The fraction of sp³-hybridized carbons (Fsp3) is 0.529. The largest absolute Gasteiger partial charge is 0.343 e. The van der Waals surface area contributed by atoms with Crippen molar-refractivity contribution in [2.75, 3.05) is 30.8 Å². The molecular weight excluding hydrogens is 413 g/mol. The molecule has 27 heavy (non-hydrogen) atoms.